The van der Waals surface area contributed by atoms with Crippen molar-refractivity contribution in [3.05, 3.63) is 23.8 Å². The van der Waals surface area contributed by atoms with Crippen LogP contribution in [-0.4, -0.2) is 11.2 Å². The van der Waals surface area contributed by atoms with Crippen LogP contribution in [0, 0.1) is 23.7 Å². The van der Waals surface area contributed by atoms with Crippen molar-refractivity contribution in [3.8, 4) is 0 Å². The smallest absolute Gasteiger partial charge is 0.0820 e. The molecule has 15 heavy (non-hydrogen) atoms. The molecule has 0 heterocycles. The molecule has 0 aromatic rings. The molecule has 84 valence electrons. The van der Waals surface area contributed by atoms with Gasteiger partial charge in [0, 0.05) is 5.92 Å². The third-order valence-electron chi connectivity index (χ3n) is 3.97. The third kappa shape index (κ3) is 2.17. The van der Waals surface area contributed by atoms with Gasteiger partial charge in [0.15, 0.2) is 0 Å². The lowest BCUT2D eigenvalue weighted by molar-refractivity contribution is 0.117. The molecule has 0 aromatic heterocycles. The van der Waals surface area contributed by atoms with Gasteiger partial charge in [0.1, 0.15) is 0 Å². The van der Waals surface area contributed by atoms with E-state index in [1.54, 1.807) is 0 Å². The Balaban J connectivity index is 2.09. The first-order valence-electron chi connectivity index (χ1n) is 6.17. The Morgan fingerprint density at radius 3 is 2.47 bits per heavy atom. The molecule has 0 saturated heterocycles. The van der Waals surface area contributed by atoms with Gasteiger partial charge >= 0.3 is 0 Å². The van der Waals surface area contributed by atoms with E-state index < -0.39 is 0 Å². The highest BCUT2D eigenvalue weighted by Crippen LogP contribution is 2.43. The maximum absolute atomic E-state index is 10.3. The molecule has 2 rings (SSSR count). The second kappa shape index (κ2) is 4.13. The van der Waals surface area contributed by atoms with E-state index in [0.717, 1.165) is 5.92 Å². The van der Waals surface area contributed by atoms with Crippen LogP contribution in [0.25, 0.3) is 0 Å². The van der Waals surface area contributed by atoms with Crippen LogP contribution in [0.2, 0.25) is 0 Å². The minimum Gasteiger partial charge on any atom is -0.388 e. The molecule has 1 fully saturated rings. The highest BCUT2D eigenvalue weighted by molar-refractivity contribution is 5.26. The van der Waals surface area contributed by atoms with Crippen molar-refractivity contribution in [1.29, 1.82) is 0 Å². The topological polar surface area (TPSA) is 20.2 Å². The molecule has 1 nitrogen and oxygen atoms in total. The highest BCUT2D eigenvalue weighted by atomic mass is 16.3. The maximum Gasteiger partial charge on any atom is 0.0820 e. The molecule has 3 atom stereocenters. The molecule has 0 radical (unpaired) electrons. The van der Waals surface area contributed by atoms with E-state index in [4.69, 9.17) is 0 Å². The fourth-order valence-corrected chi connectivity index (χ4v) is 2.65. The number of hydrogen-bond donors (Lipinski definition) is 1. The zero-order valence-corrected chi connectivity index (χ0v) is 9.98. The van der Waals surface area contributed by atoms with Crippen molar-refractivity contribution in [1.82, 2.24) is 0 Å². The number of rotatable bonds is 3. The first-order valence-corrected chi connectivity index (χ1v) is 6.17. The largest absolute Gasteiger partial charge is 0.388 e. The Morgan fingerprint density at radius 2 is 1.93 bits per heavy atom. The SMILES string of the molecule is CC(C)C1=CC=CC([C@@H](C)C2CC2)C1O. The average molecular weight is 206 g/mol. The van der Waals surface area contributed by atoms with Gasteiger partial charge in [-0.1, -0.05) is 39.0 Å². The summed E-state index contributed by atoms with van der Waals surface area (Å²) < 4.78 is 0. The molecular formula is C14H22O. The van der Waals surface area contributed by atoms with Crippen molar-refractivity contribution in [2.75, 3.05) is 0 Å². The second-order valence-corrected chi connectivity index (χ2v) is 5.43. The predicted molar refractivity (Wildman–Crippen MR) is 63.4 cm³/mol. The van der Waals surface area contributed by atoms with Gasteiger partial charge in [0.25, 0.3) is 0 Å². The van der Waals surface area contributed by atoms with Crippen LogP contribution in [0.3, 0.4) is 0 Å². The standard InChI is InChI=1S/C14H22O/c1-9(2)12-5-4-6-13(14(12)15)10(3)11-7-8-11/h4-6,9-11,13-15H,7-8H2,1-3H3/t10-,13?,14?/m0/s1. The summed E-state index contributed by atoms with van der Waals surface area (Å²) in [6.07, 6.45) is 8.89. The summed E-state index contributed by atoms with van der Waals surface area (Å²) in [5.74, 6) is 2.30. The lowest BCUT2D eigenvalue weighted by Crippen LogP contribution is -2.31. The van der Waals surface area contributed by atoms with Gasteiger partial charge in [0.05, 0.1) is 6.10 Å². The van der Waals surface area contributed by atoms with E-state index in [9.17, 15) is 5.11 Å². The minimum absolute atomic E-state index is 0.245. The predicted octanol–water partition coefficient (Wildman–Crippen LogP) is 3.16. The summed E-state index contributed by atoms with van der Waals surface area (Å²) in [5.41, 5.74) is 1.20. The monoisotopic (exact) mass is 206 g/mol. The van der Waals surface area contributed by atoms with Crippen molar-refractivity contribution in [3.63, 3.8) is 0 Å². The summed E-state index contributed by atoms with van der Waals surface area (Å²) in [6, 6.07) is 0. The number of hydrogen-bond acceptors (Lipinski definition) is 1. The molecule has 1 saturated carbocycles. The minimum atomic E-state index is -0.245. The first-order chi connectivity index (χ1) is 7.11. The van der Waals surface area contributed by atoms with E-state index in [1.807, 2.05) is 0 Å². The summed E-state index contributed by atoms with van der Waals surface area (Å²) in [4.78, 5) is 0. The fraction of sp³-hybridized carbons (Fsp3) is 0.714. The van der Waals surface area contributed by atoms with Gasteiger partial charge in [-0.25, -0.2) is 0 Å². The van der Waals surface area contributed by atoms with E-state index in [1.165, 1.54) is 18.4 Å². The average Bonchev–Trinajstić information content (AvgIpc) is 3.00. The lowest BCUT2D eigenvalue weighted by Gasteiger charge is -2.31. The molecule has 1 N–H and O–H groups in total. The van der Waals surface area contributed by atoms with Gasteiger partial charge in [-0.3, -0.25) is 0 Å². The molecule has 0 aromatic carbocycles. The Hall–Kier alpha value is -0.560. The molecule has 1 heteroatoms. The molecule has 2 aliphatic rings. The van der Waals surface area contributed by atoms with Gasteiger partial charge in [-0.05, 0) is 36.2 Å². The summed E-state index contributed by atoms with van der Waals surface area (Å²) in [7, 11) is 0. The Bertz CT molecular complexity index is 284. The van der Waals surface area contributed by atoms with Crippen LogP contribution in [-0.2, 0) is 0 Å². The van der Waals surface area contributed by atoms with Crippen LogP contribution in [0.5, 0.6) is 0 Å². The molecule has 0 aliphatic heterocycles. The van der Waals surface area contributed by atoms with Crippen molar-refractivity contribution >= 4 is 0 Å². The molecule has 0 amide bonds. The lowest BCUT2D eigenvalue weighted by atomic mass is 9.77. The molecule has 0 spiro atoms. The number of allylic oxidation sites excluding steroid dienone is 2. The van der Waals surface area contributed by atoms with Gasteiger partial charge < -0.3 is 5.11 Å². The summed E-state index contributed by atoms with van der Waals surface area (Å²) in [6.45, 7) is 6.61. The van der Waals surface area contributed by atoms with Crippen LogP contribution >= 0.6 is 0 Å². The molecular weight excluding hydrogens is 184 g/mol. The van der Waals surface area contributed by atoms with E-state index in [-0.39, 0.29) is 6.10 Å². The number of aliphatic hydroxyl groups excluding tert-OH is 1. The van der Waals surface area contributed by atoms with Crippen molar-refractivity contribution in [2.24, 2.45) is 23.7 Å². The molecule has 2 aliphatic carbocycles. The third-order valence-corrected chi connectivity index (χ3v) is 3.97. The normalized spacial score (nSPS) is 33.0. The van der Waals surface area contributed by atoms with Crippen LogP contribution < -0.4 is 0 Å². The summed E-state index contributed by atoms with van der Waals surface area (Å²) >= 11 is 0. The van der Waals surface area contributed by atoms with Gasteiger partial charge in [-0.2, -0.15) is 0 Å². The fourth-order valence-electron chi connectivity index (χ4n) is 2.65. The zero-order valence-electron chi connectivity index (χ0n) is 9.98. The van der Waals surface area contributed by atoms with Crippen LogP contribution in [0.1, 0.15) is 33.6 Å². The Kier molecular flexibility index (Phi) is 3.01. The van der Waals surface area contributed by atoms with Crippen molar-refractivity contribution < 1.29 is 5.11 Å². The Labute approximate surface area is 92.9 Å². The van der Waals surface area contributed by atoms with E-state index >= 15 is 0 Å². The van der Waals surface area contributed by atoms with Crippen LogP contribution in [0.15, 0.2) is 23.8 Å². The number of aliphatic hydroxyl groups is 1. The second-order valence-electron chi connectivity index (χ2n) is 5.43. The van der Waals surface area contributed by atoms with Gasteiger partial charge in [0.2, 0.25) is 0 Å². The zero-order chi connectivity index (χ0) is 11.0. The van der Waals surface area contributed by atoms with Crippen molar-refractivity contribution in [2.45, 2.75) is 39.7 Å². The Morgan fingerprint density at radius 1 is 1.27 bits per heavy atom. The first kappa shape index (κ1) is 10.9. The van der Waals surface area contributed by atoms with Gasteiger partial charge in [-0.15, -0.1) is 0 Å². The van der Waals surface area contributed by atoms with E-state index in [2.05, 4.69) is 39.0 Å². The quantitative estimate of drug-likeness (QED) is 0.752. The highest BCUT2D eigenvalue weighted by Gasteiger charge is 2.37. The molecule has 0 bridgehead atoms. The van der Waals surface area contributed by atoms with E-state index in [0.29, 0.717) is 17.8 Å². The molecule has 2 unspecified atom stereocenters. The van der Waals surface area contributed by atoms with Crippen LogP contribution in [0.4, 0.5) is 0 Å². The summed E-state index contributed by atoms with van der Waals surface area (Å²) in [5, 5.41) is 10.3. The maximum atomic E-state index is 10.3.